The van der Waals surface area contributed by atoms with Gasteiger partial charge >= 0.3 is 12.1 Å². The third kappa shape index (κ3) is 2.60. The Hall–Kier alpha value is -1.26. The highest BCUT2D eigenvalue weighted by molar-refractivity contribution is 5.82. The van der Waals surface area contributed by atoms with Crippen LogP contribution in [0.4, 0.5) is 4.79 Å². The van der Waals surface area contributed by atoms with Gasteiger partial charge in [0.25, 0.3) is 0 Å². The van der Waals surface area contributed by atoms with Gasteiger partial charge in [-0.25, -0.2) is 9.59 Å². The number of ether oxygens (including phenoxy) is 2. The average molecular weight is 255 g/mol. The molecule has 0 bridgehead atoms. The largest absolute Gasteiger partial charge is 0.467 e. The topological polar surface area (TPSA) is 55.8 Å². The summed E-state index contributed by atoms with van der Waals surface area (Å²) in [5, 5.41) is 0. The molecule has 0 aromatic carbocycles. The molecular formula is C13H21NO4. The second kappa shape index (κ2) is 4.44. The third-order valence-electron chi connectivity index (χ3n) is 3.47. The van der Waals surface area contributed by atoms with Gasteiger partial charge in [-0.2, -0.15) is 0 Å². The Morgan fingerprint density at radius 1 is 1.22 bits per heavy atom. The van der Waals surface area contributed by atoms with Gasteiger partial charge in [-0.3, -0.25) is 4.90 Å². The lowest BCUT2D eigenvalue weighted by Crippen LogP contribution is -2.51. The van der Waals surface area contributed by atoms with Crippen LogP contribution in [0.2, 0.25) is 0 Å². The molecule has 2 fully saturated rings. The monoisotopic (exact) mass is 255 g/mol. The van der Waals surface area contributed by atoms with Crippen molar-refractivity contribution in [2.24, 2.45) is 5.92 Å². The minimum absolute atomic E-state index is 0.165. The van der Waals surface area contributed by atoms with E-state index in [1.807, 2.05) is 20.8 Å². The van der Waals surface area contributed by atoms with E-state index in [1.165, 1.54) is 7.11 Å². The SMILES string of the molecule is COC(=O)[C@H]1CCC2CC2N1C(=O)OC(C)(C)C. The smallest absolute Gasteiger partial charge is 0.411 e. The van der Waals surface area contributed by atoms with Crippen LogP contribution in [0.1, 0.15) is 40.0 Å². The molecule has 1 aliphatic carbocycles. The second-order valence-corrected chi connectivity index (χ2v) is 6.07. The Morgan fingerprint density at radius 3 is 2.44 bits per heavy atom. The van der Waals surface area contributed by atoms with Crippen molar-refractivity contribution in [3.63, 3.8) is 0 Å². The van der Waals surface area contributed by atoms with Crippen LogP contribution < -0.4 is 0 Å². The standard InChI is InChI=1S/C13H21NO4/c1-13(2,3)18-12(16)14-9(11(15)17-4)6-5-8-7-10(8)14/h8-10H,5-7H2,1-4H3/t8?,9-,10?/m1/s1. The lowest BCUT2D eigenvalue weighted by atomic mass is 10.0. The Bertz CT molecular complexity index is 360. The van der Waals surface area contributed by atoms with Crippen LogP contribution in [0.25, 0.3) is 0 Å². The maximum Gasteiger partial charge on any atom is 0.411 e. The van der Waals surface area contributed by atoms with E-state index in [1.54, 1.807) is 4.90 Å². The molecule has 0 radical (unpaired) electrons. The molecule has 0 N–H and O–H groups in total. The van der Waals surface area contributed by atoms with Crippen molar-refractivity contribution in [1.82, 2.24) is 4.90 Å². The maximum atomic E-state index is 12.2. The fourth-order valence-corrected chi connectivity index (χ4v) is 2.57. The summed E-state index contributed by atoms with van der Waals surface area (Å²) in [7, 11) is 1.36. The summed E-state index contributed by atoms with van der Waals surface area (Å²) in [5.74, 6) is 0.199. The molecule has 1 aliphatic heterocycles. The van der Waals surface area contributed by atoms with Crippen LogP contribution in [0.5, 0.6) is 0 Å². The number of carbonyl (C=O) groups excluding carboxylic acids is 2. The molecule has 1 heterocycles. The molecule has 18 heavy (non-hydrogen) atoms. The summed E-state index contributed by atoms with van der Waals surface area (Å²) >= 11 is 0. The molecule has 1 saturated carbocycles. The van der Waals surface area contributed by atoms with E-state index < -0.39 is 17.7 Å². The Morgan fingerprint density at radius 2 is 1.89 bits per heavy atom. The predicted molar refractivity (Wildman–Crippen MR) is 65.0 cm³/mol. The second-order valence-electron chi connectivity index (χ2n) is 6.07. The van der Waals surface area contributed by atoms with Crippen LogP contribution in [-0.4, -0.2) is 41.8 Å². The number of likely N-dealkylation sites (tertiary alicyclic amines) is 1. The zero-order chi connectivity index (χ0) is 13.5. The zero-order valence-corrected chi connectivity index (χ0v) is 11.4. The fourth-order valence-electron chi connectivity index (χ4n) is 2.57. The van der Waals surface area contributed by atoms with Gasteiger partial charge < -0.3 is 9.47 Å². The number of carbonyl (C=O) groups is 2. The zero-order valence-electron chi connectivity index (χ0n) is 11.4. The lowest BCUT2D eigenvalue weighted by molar-refractivity contribution is -0.148. The van der Waals surface area contributed by atoms with Gasteiger partial charge in [-0.15, -0.1) is 0 Å². The van der Waals surface area contributed by atoms with Crippen molar-refractivity contribution in [1.29, 1.82) is 0 Å². The lowest BCUT2D eigenvalue weighted by Gasteiger charge is -2.35. The normalized spacial score (nSPS) is 30.4. The van der Waals surface area contributed by atoms with E-state index in [0.29, 0.717) is 12.3 Å². The Labute approximate surface area is 107 Å². The van der Waals surface area contributed by atoms with Gasteiger partial charge in [0.2, 0.25) is 0 Å². The van der Waals surface area contributed by atoms with E-state index >= 15 is 0 Å². The summed E-state index contributed by atoms with van der Waals surface area (Å²) in [6.07, 6.45) is 2.24. The van der Waals surface area contributed by atoms with Crippen LogP contribution in [-0.2, 0) is 14.3 Å². The summed E-state index contributed by atoms with van der Waals surface area (Å²) < 4.78 is 10.2. The molecule has 1 saturated heterocycles. The number of nitrogens with zero attached hydrogens (tertiary/aromatic N) is 1. The van der Waals surface area contributed by atoms with Crippen molar-refractivity contribution in [2.45, 2.75) is 57.7 Å². The predicted octanol–water partition coefficient (Wildman–Crippen LogP) is 1.95. The van der Waals surface area contributed by atoms with Gasteiger partial charge in [-0.1, -0.05) is 0 Å². The number of esters is 1. The van der Waals surface area contributed by atoms with E-state index in [-0.39, 0.29) is 12.0 Å². The summed E-state index contributed by atoms with van der Waals surface area (Å²) in [4.78, 5) is 25.5. The molecule has 2 rings (SSSR count). The molecular weight excluding hydrogens is 234 g/mol. The number of piperidine rings is 1. The van der Waals surface area contributed by atoms with Crippen molar-refractivity contribution < 1.29 is 19.1 Å². The van der Waals surface area contributed by atoms with E-state index in [2.05, 4.69) is 0 Å². The molecule has 2 unspecified atom stereocenters. The van der Waals surface area contributed by atoms with Gasteiger partial charge in [0, 0.05) is 6.04 Å². The molecule has 5 nitrogen and oxygen atoms in total. The van der Waals surface area contributed by atoms with Gasteiger partial charge in [-0.05, 0) is 46.0 Å². The van der Waals surface area contributed by atoms with E-state index in [0.717, 1.165) is 12.8 Å². The van der Waals surface area contributed by atoms with Crippen molar-refractivity contribution in [3.8, 4) is 0 Å². The molecule has 0 aromatic rings. The summed E-state index contributed by atoms with van der Waals surface area (Å²) in [6.45, 7) is 5.48. The highest BCUT2D eigenvalue weighted by atomic mass is 16.6. The third-order valence-corrected chi connectivity index (χ3v) is 3.47. The molecule has 3 atom stereocenters. The van der Waals surface area contributed by atoms with Gasteiger partial charge in [0.1, 0.15) is 11.6 Å². The molecule has 1 amide bonds. The Kier molecular flexibility index (Phi) is 3.25. The first kappa shape index (κ1) is 13.2. The number of hydrogen-bond acceptors (Lipinski definition) is 4. The maximum absolute atomic E-state index is 12.2. The Balaban J connectivity index is 2.11. The fraction of sp³-hybridized carbons (Fsp3) is 0.846. The molecule has 2 aliphatic rings. The van der Waals surface area contributed by atoms with Crippen LogP contribution in [0, 0.1) is 5.92 Å². The number of methoxy groups -OCH3 is 1. The number of hydrogen-bond donors (Lipinski definition) is 0. The van der Waals surface area contributed by atoms with Crippen LogP contribution in [0.15, 0.2) is 0 Å². The summed E-state index contributed by atoms with van der Waals surface area (Å²) in [6, 6.07) is -0.314. The summed E-state index contributed by atoms with van der Waals surface area (Å²) in [5.41, 5.74) is -0.542. The van der Waals surface area contributed by atoms with Crippen molar-refractivity contribution >= 4 is 12.1 Å². The highest BCUT2D eigenvalue weighted by Crippen LogP contribution is 2.46. The number of amides is 1. The van der Waals surface area contributed by atoms with Crippen LogP contribution in [0.3, 0.4) is 0 Å². The van der Waals surface area contributed by atoms with Crippen molar-refractivity contribution in [2.75, 3.05) is 7.11 Å². The molecule has 0 spiro atoms. The first-order valence-corrected chi connectivity index (χ1v) is 6.42. The highest BCUT2D eigenvalue weighted by Gasteiger charge is 2.53. The van der Waals surface area contributed by atoms with Gasteiger partial charge in [0.15, 0.2) is 0 Å². The first-order chi connectivity index (χ1) is 8.33. The van der Waals surface area contributed by atoms with Gasteiger partial charge in [0.05, 0.1) is 7.11 Å². The molecule has 0 aromatic heterocycles. The minimum atomic E-state index is -0.542. The van der Waals surface area contributed by atoms with E-state index in [9.17, 15) is 9.59 Å². The number of fused-ring (bicyclic) bond motifs is 1. The molecule has 102 valence electrons. The van der Waals surface area contributed by atoms with E-state index in [4.69, 9.17) is 9.47 Å². The van der Waals surface area contributed by atoms with Crippen LogP contribution >= 0.6 is 0 Å². The van der Waals surface area contributed by atoms with Crippen molar-refractivity contribution in [3.05, 3.63) is 0 Å². The molecule has 5 heteroatoms. The quantitative estimate of drug-likeness (QED) is 0.672. The minimum Gasteiger partial charge on any atom is -0.467 e. The average Bonchev–Trinajstić information content (AvgIpc) is 3.02. The first-order valence-electron chi connectivity index (χ1n) is 6.42. The number of rotatable bonds is 1.